The van der Waals surface area contributed by atoms with Crippen LogP contribution in [0.15, 0.2) is 48.0 Å². The van der Waals surface area contributed by atoms with Gasteiger partial charge in [-0.3, -0.25) is 4.40 Å². The molecule has 1 N–H and O–H groups in total. The summed E-state index contributed by atoms with van der Waals surface area (Å²) in [6.45, 7) is 3.80. The van der Waals surface area contributed by atoms with Crippen molar-refractivity contribution >= 4 is 22.4 Å². The summed E-state index contributed by atoms with van der Waals surface area (Å²) in [5.41, 5.74) is 1.89. The highest BCUT2D eigenvalue weighted by molar-refractivity contribution is 7.15. The van der Waals surface area contributed by atoms with Crippen molar-refractivity contribution in [1.29, 1.82) is 0 Å². The fourth-order valence-electron chi connectivity index (χ4n) is 2.21. The molecule has 102 valence electrons. The van der Waals surface area contributed by atoms with Gasteiger partial charge in [-0.1, -0.05) is 36.4 Å². The lowest BCUT2D eigenvalue weighted by Crippen LogP contribution is -2.20. The van der Waals surface area contributed by atoms with E-state index in [1.807, 2.05) is 59.2 Å². The maximum Gasteiger partial charge on any atom is 0.194 e. The first-order chi connectivity index (χ1) is 9.58. The number of aryl methyl sites for hydroxylation is 1. The number of benzene rings is 1. The maximum absolute atomic E-state index is 10.7. The van der Waals surface area contributed by atoms with Crippen molar-refractivity contribution < 1.29 is 5.11 Å². The van der Waals surface area contributed by atoms with Gasteiger partial charge in [0.25, 0.3) is 0 Å². The van der Waals surface area contributed by atoms with Crippen molar-refractivity contribution in [3.63, 3.8) is 0 Å². The van der Waals surface area contributed by atoms with Crippen LogP contribution in [0, 0.1) is 6.92 Å². The van der Waals surface area contributed by atoms with E-state index in [1.54, 1.807) is 24.5 Å². The average Bonchev–Trinajstić information content (AvgIpc) is 3.02. The maximum atomic E-state index is 10.7. The van der Waals surface area contributed by atoms with E-state index >= 15 is 0 Å². The molecule has 2 aromatic heterocycles. The van der Waals surface area contributed by atoms with E-state index in [0.717, 1.165) is 21.9 Å². The highest BCUT2D eigenvalue weighted by Crippen LogP contribution is 2.27. The number of imidazole rings is 1. The van der Waals surface area contributed by atoms with Gasteiger partial charge >= 0.3 is 0 Å². The molecule has 4 heteroatoms. The lowest BCUT2D eigenvalue weighted by molar-refractivity contribution is 0.106. The van der Waals surface area contributed by atoms with E-state index in [4.69, 9.17) is 0 Å². The lowest BCUT2D eigenvalue weighted by Gasteiger charge is -2.18. The van der Waals surface area contributed by atoms with Crippen LogP contribution >= 0.6 is 11.3 Å². The molecular formula is C16H16N2OS. The lowest BCUT2D eigenvalue weighted by atomic mass is 10.0. The van der Waals surface area contributed by atoms with E-state index in [1.165, 1.54) is 0 Å². The zero-order chi connectivity index (χ0) is 14.2. The zero-order valence-electron chi connectivity index (χ0n) is 11.4. The number of aromatic nitrogens is 2. The summed E-state index contributed by atoms with van der Waals surface area (Å²) >= 11 is 1.58. The Morgan fingerprint density at radius 3 is 2.80 bits per heavy atom. The van der Waals surface area contributed by atoms with Gasteiger partial charge in [0.1, 0.15) is 5.60 Å². The molecule has 0 saturated heterocycles. The molecule has 1 atom stereocenters. The largest absolute Gasteiger partial charge is 0.380 e. The molecule has 3 nitrogen and oxygen atoms in total. The third kappa shape index (κ3) is 2.28. The van der Waals surface area contributed by atoms with Gasteiger partial charge in [0.2, 0.25) is 0 Å². The van der Waals surface area contributed by atoms with E-state index in [2.05, 4.69) is 4.98 Å². The van der Waals surface area contributed by atoms with E-state index in [9.17, 15) is 5.11 Å². The first-order valence-corrected chi connectivity index (χ1v) is 7.34. The fraction of sp³-hybridized carbons (Fsp3) is 0.188. The first-order valence-electron chi connectivity index (χ1n) is 6.46. The van der Waals surface area contributed by atoms with E-state index < -0.39 is 5.60 Å². The summed E-state index contributed by atoms with van der Waals surface area (Å²) < 4.78 is 2.00. The molecule has 1 aromatic carbocycles. The second kappa shape index (κ2) is 4.89. The van der Waals surface area contributed by atoms with Crippen molar-refractivity contribution in [2.24, 2.45) is 0 Å². The van der Waals surface area contributed by atoms with Crippen LogP contribution in [0.5, 0.6) is 0 Å². The molecule has 0 amide bonds. The van der Waals surface area contributed by atoms with Crippen LogP contribution in [0.3, 0.4) is 0 Å². The van der Waals surface area contributed by atoms with Crippen LogP contribution in [0.4, 0.5) is 0 Å². The molecular weight excluding hydrogens is 268 g/mol. The predicted octanol–water partition coefficient (Wildman–Crippen LogP) is 3.63. The summed E-state index contributed by atoms with van der Waals surface area (Å²) in [5.74, 6) is 0. The SMILES string of the molecule is Cc1csc2ncc(C(C)(O)/C=C/c3ccccc3)n12. The molecule has 2 heterocycles. The number of hydrogen-bond donors (Lipinski definition) is 1. The first kappa shape index (κ1) is 13.1. The second-order valence-corrected chi connectivity index (χ2v) is 5.87. The van der Waals surface area contributed by atoms with Crippen LogP contribution in [-0.4, -0.2) is 14.5 Å². The Bertz CT molecular complexity index is 753. The van der Waals surface area contributed by atoms with Crippen molar-refractivity contribution in [2.45, 2.75) is 19.4 Å². The Kier molecular flexibility index (Phi) is 3.20. The summed E-state index contributed by atoms with van der Waals surface area (Å²) in [7, 11) is 0. The Labute approximate surface area is 121 Å². The summed E-state index contributed by atoms with van der Waals surface area (Å²) in [6, 6.07) is 9.95. The molecule has 0 fully saturated rings. The van der Waals surface area contributed by atoms with Crippen molar-refractivity contribution in [3.05, 3.63) is 64.9 Å². The van der Waals surface area contributed by atoms with Gasteiger partial charge < -0.3 is 5.11 Å². The fourth-order valence-corrected chi connectivity index (χ4v) is 3.06. The van der Waals surface area contributed by atoms with Crippen LogP contribution < -0.4 is 0 Å². The van der Waals surface area contributed by atoms with Gasteiger partial charge in [-0.2, -0.15) is 0 Å². The monoisotopic (exact) mass is 284 g/mol. The van der Waals surface area contributed by atoms with Crippen molar-refractivity contribution in [3.8, 4) is 0 Å². The quantitative estimate of drug-likeness (QED) is 0.797. The minimum Gasteiger partial charge on any atom is -0.380 e. The van der Waals surface area contributed by atoms with Crippen molar-refractivity contribution in [2.75, 3.05) is 0 Å². The number of aliphatic hydroxyl groups is 1. The van der Waals surface area contributed by atoms with E-state index in [-0.39, 0.29) is 0 Å². The molecule has 20 heavy (non-hydrogen) atoms. The zero-order valence-corrected chi connectivity index (χ0v) is 12.3. The number of fused-ring (bicyclic) bond motifs is 1. The highest BCUT2D eigenvalue weighted by atomic mass is 32.1. The Hall–Kier alpha value is -1.91. The van der Waals surface area contributed by atoms with Gasteiger partial charge in [0, 0.05) is 11.1 Å². The third-order valence-electron chi connectivity index (χ3n) is 3.34. The molecule has 3 aromatic rings. The Morgan fingerprint density at radius 1 is 1.30 bits per heavy atom. The van der Waals surface area contributed by atoms with Gasteiger partial charge in [-0.25, -0.2) is 4.98 Å². The standard InChI is InChI=1S/C16H16N2OS/c1-12-11-20-15-17-10-14(18(12)15)16(2,19)9-8-13-6-4-3-5-7-13/h3-11,19H,1-2H3/b9-8+. The average molecular weight is 284 g/mol. The number of hydrogen-bond acceptors (Lipinski definition) is 3. The van der Waals surface area contributed by atoms with E-state index in [0.29, 0.717) is 0 Å². The molecule has 0 aliphatic heterocycles. The molecule has 0 aliphatic carbocycles. The molecule has 1 unspecified atom stereocenters. The van der Waals surface area contributed by atoms with Gasteiger partial charge in [0.05, 0.1) is 11.9 Å². The smallest absolute Gasteiger partial charge is 0.194 e. The highest BCUT2D eigenvalue weighted by Gasteiger charge is 2.25. The summed E-state index contributed by atoms with van der Waals surface area (Å²) in [4.78, 5) is 5.26. The molecule has 0 saturated carbocycles. The van der Waals surface area contributed by atoms with Crippen molar-refractivity contribution in [1.82, 2.24) is 9.38 Å². The third-order valence-corrected chi connectivity index (χ3v) is 4.29. The Morgan fingerprint density at radius 2 is 2.05 bits per heavy atom. The number of nitrogens with zero attached hydrogens (tertiary/aromatic N) is 2. The topological polar surface area (TPSA) is 37.5 Å². The summed E-state index contributed by atoms with van der Waals surface area (Å²) in [5, 5.41) is 12.8. The molecule has 3 rings (SSSR count). The molecule has 0 radical (unpaired) electrons. The normalized spacial score (nSPS) is 14.9. The molecule has 0 bridgehead atoms. The minimum absolute atomic E-state index is 0.790. The predicted molar refractivity (Wildman–Crippen MR) is 82.9 cm³/mol. The Balaban J connectivity index is 1.99. The second-order valence-electron chi connectivity index (χ2n) is 5.03. The molecule has 0 spiro atoms. The van der Waals surface area contributed by atoms with Crippen LogP contribution in [0.1, 0.15) is 23.9 Å². The number of thiazole rings is 1. The van der Waals surface area contributed by atoms with Crippen LogP contribution in [-0.2, 0) is 5.60 Å². The van der Waals surface area contributed by atoms with Gasteiger partial charge in [0.15, 0.2) is 4.96 Å². The van der Waals surface area contributed by atoms with Crippen LogP contribution in [0.2, 0.25) is 0 Å². The number of rotatable bonds is 3. The van der Waals surface area contributed by atoms with Crippen LogP contribution in [0.25, 0.3) is 11.0 Å². The van der Waals surface area contributed by atoms with Gasteiger partial charge in [-0.15, -0.1) is 11.3 Å². The van der Waals surface area contributed by atoms with Gasteiger partial charge in [-0.05, 0) is 25.5 Å². The summed E-state index contributed by atoms with van der Waals surface area (Å²) in [6.07, 6.45) is 5.48. The molecule has 0 aliphatic rings. The minimum atomic E-state index is -1.05.